The topological polar surface area (TPSA) is 125 Å². The second-order valence-electron chi connectivity index (χ2n) is 17.3. The van der Waals surface area contributed by atoms with Crippen molar-refractivity contribution in [1.82, 2.24) is 0 Å². The largest absolute Gasteiger partial charge is 0.477 e. The van der Waals surface area contributed by atoms with Gasteiger partial charge in [-0.1, -0.05) is 164 Å². The van der Waals surface area contributed by atoms with Gasteiger partial charge in [-0.15, -0.1) is 23.1 Å². The zero-order chi connectivity index (χ0) is 50.3. The molecule has 9 heteroatoms. The van der Waals surface area contributed by atoms with E-state index in [-0.39, 0.29) is 16.4 Å². The Morgan fingerprint density at radius 2 is 0.959 bits per heavy atom. The molecule has 0 bridgehead atoms. The highest BCUT2D eigenvalue weighted by atomic mass is 32.2. The van der Waals surface area contributed by atoms with Crippen molar-refractivity contribution < 1.29 is 19.8 Å². The summed E-state index contributed by atoms with van der Waals surface area (Å²) in [6, 6.07) is 66.8. The summed E-state index contributed by atoms with van der Waals surface area (Å²) in [4.78, 5) is 27.4. The molecule has 350 valence electrons. The van der Waals surface area contributed by atoms with Crippen LogP contribution in [0.1, 0.15) is 61.1 Å². The van der Waals surface area contributed by atoms with Crippen LogP contribution < -0.4 is 4.90 Å². The number of hydrogen-bond acceptors (Lipinski definition) is 7. The first-order chi connectivity index (χ1) is 35.7. The maximum Gasteiger partial charge on any atom is 0.346 e. The van der Waals surface area contributed by atoms with E-state index in [0.29, 0.717) is 4.88 Å². The summed E-state index contributed by atoms with van der Waals surface area (Å²) in [5, 5.41) is 37.0. The molecule has 0 spiro atoms. The van der Waals surface area contributed by atoms with Gasteiger partial charge in [0.15, 0.2) is 0 Å². The van der Waals surface area contributed by atoms with E-state index in [0.717, 1.165) is 72.2 Å². The van der Waals surface area contributed by atoms with Crippen LogP contribution in [0.4, 0.5) is 17.1 Å². The number of carboxylic acids is 2. The SMILES string of the molecule is N#C/C(=C/c1ccc(-c2ccc(/C=C/c3ccc(N(c4ccc(C=C5c6ccccc6-c6ccccc65)cc4)c4ccc(/C=C/c5ccc(C6CC=C(/C=C(\C#N)C(=O)O)S6)cc5)cc4)cc3)cc2)s1)C(=O)O. The average Bonchev–Trinajstić information content (AvgIpc) is 4.18. The van der Waals surface area contributed by atoms with Crippen molar-refractivity contribution in [1.29, 1.82) is 10.5 Å². The van der Waals surface area contributed by atoms with Gasteiger partial charge in [0.2, 0.25) is 0 Å². The van der Waals surface area contributed by atoms with Crippen molar-refractivity contribution in [3.05, 3.63) is 260 Å². The molecule has 8 aromatic rings. The van der Waals surface area contributed by atoms with Crippen molar-refractivity contribution in [3.63, 3.8) is 0 Å². The van der Waals surface area contributed by atoms with Gasteiger partial charge in [0.05, 0.1) is 0 Å². The first-order valence-corrected chi connectivity index (χ1v) is 25.1. The number of aliphatic carboxylic acids is 2. The van der Waals surface area contributed by atoms with Gasteiger partial charge in [0, 0.05) is 37.0 Å². The minimum absolute atomic E-state index is 0.161. The highest BCUT2D eigenvalue weighted by Gasteiger charge is 2.23. The summed E-state index contributed by atoms with van der Waals surface area (Å²) in [7, 11) is 0. The molecule has 1 atom stereocenters. The Morgan fingerprint density at radius 3 is 1.44 bits per heavy atom. The summed E-state index contributed by atoms with van der Waals surface area (Å²) in [5.74, 6) is -2.46. The summed E-state index contributed by atoms with van der Waals surface area (Å²) in [5.41, 5.74) is 16.2. The monoisotopic (exact) mass is 981 g/mol. The zero-order valence-electron chi connectivity index (χ0n) is 39.1. The van der Waals surface area contributed by atoms with Crippen LogP contribution in [0.25, 0.3) is 63.6 Å². The lowest BCUT2D eigenvalue weighted by molar-refractivity contribution is -0.133. The summed E-state index contributed by atoms with van der Waals surface area (Å²) in [6.07, 6.45) is 16.3. The van der Waals surface area contributed by atoms with Crippen LogP contribution >= 0.6 is 23.1 Å². The van der Waals surface area contributed by atoms with Crippen molar-refractivity contribution in [2.24, 2.45) is 0 Å². The van der Waals surface area contributed by atoms with Gasteiger partial charge in [-0.3, -0.25) is 0 Å². The molecule has 0 amide bonds. The molecule has 2 heterocycles. The smallest absolute Gasteiger partial charge is 0.346 e. The highest BCUT2D eigenvalue weighted by molar-refractivity contribution is 8.03. The van der Waals surface area contributed by atoms with Crippen molar-refractivity contribution in [2.75, 3.05) is 4.90 Å². The molecule has 0 saturated carbocycles. The Balaban J connectivity index is 0.875. The third-order valence-corrected chi connectivity index (χ3v) is 15.0. The van der Waals surface area contributed by atoms with E-state index in [1.165, 1.54) is 51.3 Å². The molecule has 10 rings (SSSR count). The molecule has 1 aliphatic carbocycles. The summed E-state index contributed by atoms with van der Waals surface area (Å²) < 4.78 is 0. The van der Waals surface area contributed by atoms with Crippen LogP contribution in [0.3, 0.4) is 0 Å². The first-order valence-electron chi connectivity index (χ1n) is 23.4. The fourth-order valence-electron chi connectivity index (χ4n) is 8.91. The molecule has 1 unspecified atom stereocenters. The normalized spacial score (nSPS) is 14.1. The van der Waals surface area contributed by atoms with Crippen LogP contribution in [0, 0.1) is 22.7 Å². The van der Waals surface area contributed by atoms with E-state index in [2.05, 4.69) is 193 Å². The number of thiophene rings is 1. The maximum atomic E-state index is 11.3. The number of fused-ring (bicyclic) bond motifs is 3. The predicted molar refractivity (Wildman–Crippen MR) is 300 cm³/mol. The van der Waals surface area contributed by atoms with Crippen molar-refractivity contribution in [3.8, 4) is 33.7 Å². The molecule has 2 aliphatic rings. The Morgan fingerprint density at radius 1 is 0.521 bits per heavy atom. The van der Waals surface area contributed by atoms with E-state index < -0.39 is 11.9 Å². The number of rotatable bonds is 14. The molecular weight excluding hydrogens is 939 g/mol. The quantitative estimate of drug-likeness (QED) is 0.0627. The van der Waals surface area contributed by atoms with Gasteiger partial charge < -0.3 is 15.1 Å². The summed E-state index contributed by atoms with van der Waals surface area (Å²) in [6.45, 7) is 0. The van der Waals surface area contributed by atoms with E-state index in [4.69, 9.17) is 10.5 Å². The molecule has 73 heavy (non-hydrogen) atoms. The van der Waals surface area contributed by atoms with Crippen molar-refractivity contribution >= 4 is 94.1 Å². The standard InChI is InChI=1S/C64H43N3O4S2/c65-40-49(63(68)69)38-54-33-35-61(72-54)47-23-13-42(14-24-47)9-11-44-17-27-51(28-18-44)67(53-31-21-46(22-32-53)37-60-58-7-3-1-5-56(58)57-6-2-4-8-59(57)60)52-29-19-45(20-30-52)12-10-43-15-25-48(26-16-43)62-36-34-55(73-62)39-50(41-66)64(70)71/h1-35,37-39,62H,36H2,(H,68,69)(H,70,71)/b11-9+,12-10+,49-38-,50-39+. The van der Waals surface area contributed by atoms with Gasteiger partial charge in [-0.25, -0.2) is 9.59 Å². The van der Waals surface area contributed by atoms with Gasteiger partial charge in [0.1, 0.15) is 23.3 Å². The second-order valence-corrected chi connectivity index (χ2v) is 19.7. The van der Waals surface area contributed by atoms with Crippen LogP contribution in [-0.2, 0) is 9.59 Å². The van der Waals surface area contributed by atoms with Crippen LogP contribution in [-0.4, -0.2) is 22.2 Å². The fraction of sp³-hybridized carbons (Fsp3) is 0.0312. The molecule has 0 fully saturated rings. The fourth-order valence-corrected chi connectivity index (χ4v) is 11.1. The van der Waals surface area contributed by atoms with E-state index in [1.54, 1.807) is 23.9 Å². The van der Waals surface area contributed by atoms with Gasteiger partial charge in [-0.2, -0.15) is 10.5 Å². The highest BCUT2D eigenvalue weighted by Crippen LogP contribution is 2.46. The van der Waals surface area contributed by atoms with Crippen molar-refractivity contribution in [2.45, 2.75) is 11.7 Å². The molecule has 0 saturated heterocycles. The third-order valence-electron chi connectivity index (χ3n) is 12.6. The second kappa shape index (κ2) is 21.4. The van der Waals surface area contributed by atoms with Crippen LogP contribution in [0.5, 0.6) is 0 Å². The van der Waals surface area contributed by atoms with Gasteiger partial charge in [0.25, 0.3) is 0 Å². The Kier molecular flexibility index (Phi) is 13.9. The number of carbonyl (C=O) groups is 2. The van der Waals surface area contributed by atoms with Crippen LogP contribution in [0.2, 0.25) is 0 Å². The lowest BCUT2D eigenvalue weighted by Crippen LogP contribution is -2.09. The number of carboxylic acid groups (broad SMARTS) is 2. The van der Waals surface area contributed by atoms with E-state index >= 15 is 0 Å². The van der Waals surface area contributed by atoms with Crippen LogP contribution in [0.15, 0.2) is 210 Å². The number of thioether (sulfide) groups is 1. The number of anilines is 3. The minimum atomic E-state index is -1.24. The molecule has 1 aliphatic heterocycles. The number of nitriles is 2. The third kappa shape index (κ3) is 10.8. The van der Waals surface area contributed by atoms with Gasteiger partial charge in [-0.05, 0) is 140 Å². The molecule has 0 radical (unpaired) electrons. The molecule has 7 aromatic carbocycles. The number of hydrogen-bond donors (Lipinski definition) is 2. The lowest BCUT2D eigenvalue weighted by Gasteiger charge is -2.26. The maximum absolute atomic E-state index is 11.3. The summed E-state index contributed by atoms with van der Waals surface area (Å²) >= 11 is 3.01. The van der Waals surface area contributed by atoms with E-state index in [9.17, 15) is 19.8 Å². The Labute approximate surface area is 431 Å². The van der Waals surface area contributed by atoms with E-state index in [1.807, 2.05) is 30.3 Å². The number of allylic oxidation sites excluding steroid dienone is 2. The molecule has 7 nitrogen and oxygen atoms in total. The van der Waals surface area contributed by atoms with Gasteiger partial charge >= 0.3 is 11.9 Å². The number of benzene rings is 7. The lowest BCUT2D eigenvalue weighted by atomic mass is 10.0. The first kappa shape index (κ1) is 47.4. The number of nitrogens with zero attached hydrogens (tertiary/aromatic N) is 3. The Hall–Kier alpha value is -9.25. The zero-order valence-corrected chi connectivity index (χ0v) is 40.7. The molecule has 1 aromatic heterocycles. The molecule has 2 N–H and O–H groups in total. The predicted octanol–water partition coefficient (Wildman–Crippen LogP) is 16.4. The Bertz CT molecular complexity index is 3630. The average molecular weight is 982 g/mol. The minimum Gasteiger partial charge on any atom is -0.477 e. The molecular formula is C64H43N3O4S2.